The highest BCUT2D eigenvalue weighted by Crippen LogP contribution is 2.22. The molecule has 1 amide bonds. The molecule has 1 aromatic heterocycles. The van der Waals surface area contributed by atoms with Gasteiger partial charge < -0.3 is 14.4 Å². The summed E-state index contributed by atoms with van der Waals surface area (Å²) < 4.78 is 11.0. The minimum atomic E-state index is -0.382. The Morgan fingerprint density at radius 1 is 1.53 bits per heavy atom. The van der Waals surface area contributed by atoms with Gasteiger partial charge in [0.1, 0.15) is 6.33 Å². The van der Waals surface area contributed by atoms with Crippen LogP contribution < -0.4 is 0 Å². The van der Waals surface area contributed by atoms with E-state index in [-0.39, 0.29) is 17.6 Å². The smallest absolute Gasteiger partial charge is 0.257 e. The van der Waals surface area contributed by atoms with Crippen molar-refractivity contribution >= 4 is 5.91 Å². The Hall–Kier alpha value is -1.53. The predicted octanol–water partition coefficient (Wildman–Crippen LogP) is 0.743. The van der Waals surface area contributed by atoms with Crippen LogP contribution in [0.1, 0.15) is 24.2 Å². The normalized spacial score (nSPS) is 22.3. The van der Waals surface area contributed by atoms with Crippen molar-refractivity contribution in [2.75, 3.05) is 26.8 Å². The van der Waals surface area contributed by atoms with Crippen molar-refractivity contribution in [3.63, 3.8) is 0 Å². The van der Waals surface area contributed by atoms with Crippen LogP contribution in [0.3, 0.4) is 0 Å². The first kappa shape index (κ1) is 13.9. The second-order valence-corrected chi connectivity index (χ2v) is 5.27. The van der Waals surface area contributed by atoms with Crippen LogP contribution in [0.4, 0.5) is 0 Å². The van der Waals surface area contributed by atoms with E-state index in [2.05, 4.69) is 9.97 Å². The van der Waals surface area contributed by atoms with Crippen LogP contribution in [0.25, 0.3) is 0 Å². The molecule has 0 aliphatic carbocycles. The predicted molar refractivity (Wildman–Crippen MR) is 68.8 cm³/mol. The van der Waals surface area contributed by atoms with E-state index in [0.717, 1.165) is 0 Å². The van der Waals surface area contributed by atoms with E-state index < -0.39 is 0 Å². The third kappa shape index (κ3) is 3.48. The average molecular weight is 265 g/mol. The number of hydrogen-bond donors (Lipinski definition) is 0. The van der Waals surface area contributed by atoms with Gasteiger partial charge in [-0.1, -0.05) is 0 Å². The van der Waals surface area contributed by atoms with Gasteiger partial charge in [0.2, 0.25) is 0 Å². The Morgan fingerprint density at radius 3 is 2.84 bits per heavy atom. The van der Waals surface area contributed by atoms with E-state index in [1.165, 1.54) is 18.7 Å². The van der Waals surface area contributed by atoms with Gasteiger partial charge >= 0.3 is 0 Å². The summed E-state index contributed by atoms with van der Waals surface area (Å²) >= 11 is 0. The fraction of sp³-hybridized carbons (Fsp3) is 0.615. The number of methoxy groups -OCH3 is 1. The highest BCUT2D eigenvalue weighted by molar-refractivity contribution is 5.93. The maximum absolute atomic E-state index is 12.4. The highest BCUT2D eigenvalue weighted by atomic mass is 16.5. The van der Waals surface area contributed by atoms with Gasteiger partial charge in [0.15, 0.2) is 0 Å². The van der Waals surface area contributed by atoms with Gasteiger partial charge in [-0.2, -0.15) is 0 Å². The SMILES string of the molecule is COC[C@@H]1CN(C(=O)c2cncnc2)CC(C)(C)O1. The summed E-state index contributed by atoms with van der Waals surface area (Å²) in [4.78, 5) is 21.9. The lowest BCUT2D eigenvalue weighted by molar-refractivity contribution is -0.143. The van der Waals surface area contributed by atoms with Gasteiger partial charge in [-0.05, 0) is 13.8 Å². The number of aromatic nitrogens is 2. The average Bonchev–Trinajstić information content (AvgIpc) is 2.37. The summed E-state index contributed by atoms with van der Waals surface area (Å²) in [7, 11) is 1.63. The van der Waals surface area contributed by atoms with Crippen LogP contribution in [0, 0.1) is 0 Å². The Morgan fingerprint density at radius 2 is 2.21 bits per heavy atom. The molecule has 0 saturated carbocycles. The van der Waals surface area contributed by atoms with Gasteiger partial charge in [0.05, 0.1) is 23.9 Å². The first-order valence-electron chi connectivity index (χ1n) is 6.23. The molecule has 0 unspecified atom stereocenters. The van der Waals surface area contributed by atoms with Gasteiger partial charge in [-0.15, -0.1) is 0 Å². The zero-order valence-electron chi connectivity index (χ0n) is 11.5. The third-order valence-corrected chi connectivity index (χ3v) is 2.93. The van der Waals surface area contributed by atoms with E-state index in [4.69, 9.17) is 9.47 Å². The first-order valence-corrected chi connectivity index (χ1v) is 6.23. The molecule has 0 spiro atoms. The number of amides is 1. The van der Waals surface area contributed by atoms with E-state index in [0.29, 0.717) is 25.3 Å². The molecule has 19 heavy (non-hydrogen) atoms. The molecule has 1 atom stereocenters. The monoisotopic (exact) mass is 265 g/mol. The summed E-state index contributed by atoms with van der Waals surface area (Å²) in [5.74, 6) is -0.0712. The molecule has 0 N–H and O–H groups in total. The lowest BCUT2D eigenvalue weighted by atomic mass is 10.0. The lowest BCUT2D eigenvalue weighted by Crippen LogP contribution is -2.55. The molecule has 0 bridgehead atoms. The summed E-state index contributed by atoms with van der Waals surface area (Å²) in [6, 6.07) is 0. The van der Waals surface area contributed by atoms with Crippen molar-refractivity contribution in [1.29, 1.82) is 0 Å². The fourth-order valence-corrected chi connectivity index (χ4v) is 2.32. The van der Waals surface area contributed by atoms with E-state index in [9.17, 15) is 4.79 Å². The zero-order chi connectivity index (χ0) is 13.9. The van der Waals surface area contributed by atoms with Crippen molar-refractivity contribution in [3.8, 4) is 0 Å². The summed E-state index contributed by atoms with van der Waals surface area (Å²) in [6.07, 6.45) is 4.36. The first-order chi connectivity index (χ1) is 9.02. The van der Waals surface area contributed by atoms with Gasteiger partial charge in [-0.25, -0.2) is 9.97 Å². The fourth-order valence-electron chi connectivity index (χ4n) is 2.32. The van der Waals surface area contributed by atoms with Crippen LogP contribution in [0.2, 0.25) is 0 Å². The number of carbonyl (C=O) groups is 1. The molecular weight excluding hydrogens is 246 g/mol. The molecule has 2 heterocycles. The minimum Gasteiger partial charge on any atom is -0.382 e. The van der Waals surface area contributed by atoms with Crippen LogP contribution in [-0.2, 0) is 9.47 Å². The van der Waals surface area contributed by atoms with Crippen LogP contribution >= 0.6 is 0 Å². The Bertz CT molecular complexity index is 436. The lowest BCUT2D eigenvalue weighted by Gasteiger charge is -2.42. The van der Waals surface area contributed by atoms with Crippen LogP contribution in [-0.4, -0.2) is 59.3 Å². The summed E-state index contributed by atoms with van der Waals surface area (Å²) in [5.41, 5.74) is 0.114. The van der Waals surface area contributed by atoms with Crippen molar-refractivity contribution in [2.45, 2.75) is 25.6 Å². The molecule has 6 heteroatoms. The third-order valence-electron chi connectivity index (χ3n) is 2.93. The molecule has 1 aromatic rings. The molecule has 104 valence electrons. The standard InChI is InChI=1S/C13H19N3O3/c1-13(2)8-16(6-11(19-13)7-18-3)12(17)10-4-14-9-15-5-10/h4-5,9,11H,6-8H2,1-3H3/t11-/m0/s1. The van der Waals surface area contributed by atoms with Gasteiger partial charge in [0.25, 0.3) is 5.91 Å². The van der Waals surface area contributed by atoms with Crippen LogP contribution in [0.5, 0.6) is 0 Å². The minimum absolute atomic E-state index is 0.0712. The number of nitrogens with zero attached hydrogens (tertiary/aromatic N) is 3. The quantitative estimate of drug-likeness (QED) is 0.806. The molecule has 1 aliphatic rings. The number of ether oxygens (including phenoxy) is 2. The van der Waals surface area contributed by atoms with Crippen molar-refractivity contribution in [1.82, 2.24) is 14.9 Å². The molecule has 1 aliphatic heterocycles. The number of carbonyl (C=O) groups excluding carboxylic acids is 1. The summed E-state index contributed by atoms with van der Waals surface area (Å²) in [6.45, 7) is 5.47. The Balaban J connectivity index is 2.12. The Labute approximate surface area is 112 Å². The Kier molecular flexibility index (Phi) is 4.11. The van der Waals surface area contributed by atoms with Gasteiger partial charge in [-0.3, -0.25) is 4.79 Å². The summed E-state index contributed by atoms with van der Waals surface area (Å²) in [5, 5.41) is 0. The zero-order valence-corrected chi connectivity index (χ0v) is 11.5. The highest BCUT2D eigenvalue weighted by Gasteiger charge is 2.35. The molecule has 6 nitrogen and oxygen atoms in total. The van der Waals surface area contributed by atoms with Crippen molar-refractivity contribution in [3.05, 3.63) is 24.3 Å². The molecule has 1 saturated heterocycles. The van der Waals surface area contributed by atoms with Crippen molar-refractivity contribution in [2.24, 2.45) is 0 Å². The maximum atomic E-state index is 12.4. The van der Waals surface area contributed by atoms with Crippen molar-refractivity contribution < 1.29 is 14.3 Å². The maximum Gasteiger partial charge on any atom is 0.257 e. The molecule has 2 rings (SSSR count). The molecule has 0 aromatic carbocycles. The van der Waals surface area contributed by atoms with E-state index in [1.807, 2.05) is 13.8 Å². The molecular formula is C13H19N3O3. The molecule has 1 fully saturated rings. The second-order valence-electron chi connectivity index (χ2n) is 5.27. The largest absolute Gasteiger partial charge is 0.382 e. The van der Waals surface area contributed by atoms with E-state index >= 15 is 0 Å². The van der Waals surface area contributed by atoms with Gasteiger partial charge in [0, 0.05) is 32.6 Å². The van der Waals surface area contributed by atoms with Crippen LogP contribution in [0.15, 0.2) is 18.7 Å². The topological polar surface area (TPSA) is 64.5 Å². The number of morpholine rings is 1. The second kappa shape index (κ2) is 5.63. The van der Waals surface area contributed by atoms with E-state index in [1.54, 1.807) is 12.0 Å². The molecule has 0 radical (unpaired) electrons. The number of hydrogen-bond acceptors (Lipinski definition) is 5. The number of rotatable bonds is 3.